The maximum Gasteiger partial charge on any atom is 0.101 e. The second-order valence-corrected chi connectivity index (χ2v) is 10.1. The largest absolute Gasteiger partial charge is 0.241 e. The Morgan fingerprint density at radius 1 is 0.793 bits per heavy atom. The monoisotopic (exact) mass is 471 g/mol. The molecule has 3 rings (SSSR count). The first kappa shape index (κ1) is 22.5. The van der Waals surface area contributed by atoms with Crippen molar-refractivity contribution in [3.63, 3.8) is 0 Å². The average molecular weight is 473 g/mol. The predicted octanol–water partition coefficient (Wildman–Crippen LogP) is 9.50. The summed E-state index contributed by atoms with van der Waals surface area (Å²) in [6.45, 7) is 2.29. The lowest BCUT2D eigenvalue weighted by atomic mass is 9.93. The van der Waals surface area contributed by atoms with E-state index in [4.69, 9.17) is 4.98 Å². The molecule has 29 heavy (non-hydrogen) atoms. The molecule has 0 aliphatic carbocycles. The molecule has 0 N–H and O–H groups in total. The second-order valence-electron chi connectivity index (χ2n) is 8.09. The van der Waals surface area contributed by atoms with Gasteiger partial charge in [-0.05, 0) is 36.2 Å². The number of fused-ring (bicyclic) bond motifs is 1. The van der Waals surface area contributed by atoms with Gasteiger partial charge in [0.05, 0.1) is 10.2 Å². The zero-order chi connectivity index (χ0) is 20.3. The van der Waals surface area contributed by atoms with Crippen molar-refractivity contribution in [2.45, 2.75) is 83.5 Å². The second kappa shape index (κ2) is 12.5. The van der Waals surface area contributed by atoms with Crippen molar-refractivity contribution in [2.24, 2.45) is 0 Å². The highest BCUT2D eigenvalue weighted by atomic mass is 79.9. The van der Waals surface area contributed by atoms with Crippen molar-refractivity contribution in [2.75, 3.05) is 0 Å². The Morgan fingerprint density at radius 3 is 2.07 bits per heavy atom. The summed E-state index contributed by atoms with van der Waals surface area (Å²) in [6.07, 6.45) is 15.0. The third-order valence-corrected chi connectivity index (χ3v) is 7.41. The van der Waals surface area contributed by atoms with E-state index < -0.39 is 0 Å². The van der Waals surface area contributed by atoms with Crippen LogP contribution in [0.15, 0.2) is 53.0 Å². The van der Waals surface area contributed by atoms with E-state index >= 15 is 0 Å². The number of hydrogen-bond donors (Lipinski definition) is 0. The molecule has 3 heteroatoms. The van der Waals surface area contributed by atoms with Crippen LogP contribution >= 0.6 is 27.3 Å². The van der Waals surface area contributed by atoms with Gasteiger partial charge >= 0.3 is 0 Å². The Bertz CT molecular complexity index is 806. The SMILES string of the molecule is CCCCCCCCCCCCC(c1ccc(Br)cc1)c1nc2ccccc2s1. The van der Waals surface area contributed by atoms with Gasteiger partial charge in [0.2, 0.25) is 0 Å². The first-order valence-corrected chi connectivity index (χ1v) is 13.0. The van der Waals surface area contributed by atoms with Gasteiger partial charge in [-0.25, -0.2) is 4.98 Å². The number of nitrogens with zero attached hydrogens (tertiary/aromatic N) is 1. The van der Waals surface area contributed by atoms with Crippen LogP contribution in [-0.4, -0.2) is 4.98 Å². The van der Waals surface area contributed by atoms with E-state index in [0.717, 1.165) is 9.99 Å². The minimum atomic E-state index is 0.412. The fourth-order valence-electron chi connectivity index (χ4n) is 4.00. The molecule has 0 saturated heterocycles. The van der Waals surface area contributed by atoms with Gasteiger partial charge in [-0.2, -0.15) is 0 Å². The molecule has 156 valence electrons. The van der Waals surface area contributed by atoms with E-state index in [9.17, 15) is 0 Å². The highest BCUT2D eigenvalue weighted by Gasteiger charge is 2.18. The third-order valence-electron chi connectivity index (χ3n) is 5.73. The highest BCUT2D eigenvalue weighted by Crippen LogP contribution is 2.35. The standard InChI is InChI=1S/C26H34BrNS/c1-2-3-4-5-6-7-8-9-10-11-14-23(21-17-19-22(27)20-18-21)26-28-24-15-12-13-16-25(24)29-26/h12-13,15-20,23H,2-11,14H2,1H3. The molecule has 0 aliphatic heterocycles. The molecule has 2 aromatic carbocycles. The van der Waals surface area contributed by atoms with E-state index in [1.165, 1.54) is 85.9 Å². The number of rotatable bonds is 13. The van der Waals surface area contributed by atoms with Crippen molar-refractivity contribution in [1.29, 1.82) is 0 Å². The minimum Gasteiger partial charge on any atom is -0.241 e. The van der Waals surface area contributed by atoms with Crippen molar-refractivity contribution in [3.8, 4) is 0 Å². The first-order chi connectivity index (χ1) is 14.3. The minimum absolute atomic E-state index is 0.412. The molecule has 0 fully saturated rings. The van der Waals surface area contributed by atoms with Crippen LogP contribution in [0.1, 0.15) is 94.0 Å². The van der Waals surface area contributed by atoms with Gasteiger partial charge in [0.15, 0.2) is 0 Å². The molecular weight excluding hydrogens is 438 g/mol. The zero-order valence-corrected chi connectivity index (χ0v) is 20.1. The topological polar surface area (TPSA) is 12.9 Å². The normalized spacial score (nSPS) is 12.5. The van der Waals surface area contributed by atoms with Crippen LogP contribution in [0.4, 0.5) is 0 Å². The number of halogens is 1. The van der Waals surface area contributed by atoms with Crippen molar-refractivity contribution >= 4 is 37.5 Å². The maximum absolute atomic E-state index is 4.98. The van der Waals surface area contributed by atoms with E-state index in [-0.39, 0.29) is 0 Å². The number of para-hydroxylation sites is 1. The van der Waals surface area contributed by atoms with Crippen LogP contribution in [0, 0.1) is 0 Å². The summed E-state index contributed by atoms with van der Waals surface area (Å²) >= 11 is 5.44. The van der Waals surface area contributed by atoms with Crippen LogP contribution in [-0.2, 0) is 0 Å². The molecule has 1 aromatic heterocycles. The van der Waals surface area contributed by atoms with Crippen LogP contribution in [0.25, 0.3) is 10.2 Å². The molecule has 1 atom stereocenters. The summed E-state index contributed by atoms with van der Waals surface area (Å²) in [5.41, 5.74) is 2.53. The van der Waals surface area contributed by atoms with Crippen molar-refractivity contribution in [3.05, 3.63) is 63.6 Å². The third kappa shape index (κ3) is 7.22. The van der Waals surface area contributed by atoms with Crippen LogP contribution < -0.4 is 0 Å². The summed E-state index contributed by atoms with van der Waals surface area (Å²) in [5.74, 6) is 0.412. The van der Waals surface area contributed by atoms with Gasteiger partial charge in [-0.15, -0.1) is 11.3 Å². The van der Waals surface area contributed by atoms with E-state index in [1.54, 1.807) is 0 Å². The number of aromatic nitrogens is 1. The van der Waals surface area contributed by atoms with Gasteiger partial charge < -0.3 is 0 Å². The van der Waals surface area contributed by atoms with E-state index in [0.29, 0.717) is 5.92 Å². The quantitative estimate of drug-likeness (QED) is 0.226. The lowest BCUT2D eigenvalue weighted by Gasteiger charge is -2.15. The molecule has 1 nitrogen and oxygen atoms in total. The van der Waals surface area contributed by atoms with Crippen molar-refractivity contribution in [1.82, 2.24) is 4.98 Å². The fourth-order valence-corrected chi connectivity index (χ4v) is 5.40. The number of thiazole rings is 1. The molecule has 0 spiro atoms. The molecule has 0 saturated carbocycles. The smallest absolute Gasteiger partial charge is 0.101 e. The molecule has 0 aliphatic rings. The lowest BCUT2D eigenvalue weighted by molar-refractivity contribution is 0.540. The molecule has 3 aromatic rings. The summed E-state index contributed by atoms with van der Waals surface area (Å²) < 4.78 is 2.44. The number of unbranched alkanes of at least 4 members (excludes halogenated alkanes) is 9. The molecule has 0 radical (unpaired) electrons. The summed E-state index contributed by atoms with van der Waals surface area (Å²) in [5, 5.41) is 1.27. The summed E-state index contributed by atoms with van der Waals surface area (Å²) in [6, 6.07) is 17.4. The summed E-state index contributed by atoms with van der Waals surface area (Å²) in [7, 11) is 0. The van der Waals surface area contributed by atoms with Crippen LogP contribution in [0.3, 0.4) is 0 Å². The van der Waals surface area contributed by atoms with Gasteiger partial charge in [-0.3, -0.25) is 0 Å². The van der Waals surface area contributed by atoms with Crippen LogP contribution in [0.5, 0.6) is 0 Å². The van der Waals surface area contributed by atoms with Gasteiger partial charge in [-0.1, -0.05) is 111 Å². The van der Waals surface area contributed by atoms with Gasteiger partial charge in [0, 0.05) is 10.4 Å². The van der Waals surface area contributed by atoms with Crippen LogP contribution in [0.2, 0.25) is 0 Å². The molecule has 1 heterocycles. The number of hydrogen-bond acceptors (Lipinski definition) is 2. The molecule has 0 amide bonds. The Morgan fingerprint density at radius 2 is 1.41 bits per heavy atom. The molecular formula is C26H34BrNS. The highest BCUT2D eigenvalue weighted by molar-refractivity contribution is 9.10. The Balaban J connectivity index is 1.52. The number of benzene rings is 2. The maximum atomic E-state index is 4.98. The first-order valence-electron chi connectivity index (χ1n) is 11.4. The van der Waals surface area contributed by atoms with E-state index in [2.05, 4.69) is 71.4 Å². The Hall–Kier alpha value is -1.19. The molecule has 1 unspecified atom stereocenters. The average Bonchev–Trinajstić information content (AvgIpc) is 3.17. The predicted molar refractivity (Wildman–Crippen MR) is 132 cm³/mol. The van der Waals surface area contributed by atoms with E-state index in [1.807, 2.05) is 11.3 Å². The fraction of sp³-hybridized carbons (Fsp3) is 0.500. The van der Waals surface area contributed by atoms with Gasteiger partial charge in [0.1, 0.15) is 5.01 Å². The Kier molecular flexibility index (Phi) is 9.69. The Labute approximate surface area is 189 Å². The summed E-state index contributed by atoms with van der Waals surface area (Å²) in [4.78, 5) is 4.98. The van der Waals surface area contributed by atoms with Gasteiger partial charge in [0.25, 0.3) is 0 Å². The molecule has 0 bridgehead atoms. The lowest BCUT2D eigenvalue weighted by Crippen LogP contribution is -2.01. The van der Waals surface area contributed by atoms with Crippen molar-refractivity contribution < 1.29 is 0 Å². The zero-order valence-electron chi connectivity index (χ0n) is 17.7.